The van der Waals surface area contributed by atoms with Crippen LogP contribution in [-0.2, 0) is 32.2 Å². The molecule has 2 aromatic heterocycles. The van der Waals surface area contributed by atoms with Crippen LogP contribution in [0.25, 0.3) is 10.6 Å². The normalized spacial score (nSPS) is 20.0. The van der Waals surface area contributed by atoms with Gasteiger partial charge in [0.25, 0.3) is 10.0 Å². The maximum atomic E-state index is 12.9. The molecule has 1 aromatic carbocycles. The lowest BCUT2D eigenvalue weighted by Gasteiger charge is -2.15. The molecule has 0 saturated heterocycles. The molecule has 1 aliphatic rings. The van der Waals surface area contributed by atoms with E-state index in [9.17, 15) is 36.3 Å². The van der Waals surface area contributed by atoms with Crippen molar-refractivity contribution < 1.29 is 40.8 Å². The zero-order chi connectivity index (χ0) is 25.6. The molecule has 0 unspecified atom stereocenters. The molecule has 2 atom stereocenters. The third kappa shape index (κ3) is 5.09. The second-order valence-electron chi connectivity index (χ2n) is 8.04. The summed E-state index contributed by atoms with van der Waals surface area (Å²) in [6, 6.07) is 9.86. The number of amides is 1. The first kappa shape index (κ1) is 24.9. The Bertz CT molecular complexity index is 1380. The van der Waals surface area contributed by atoms with Gasteiger partial charge >= 0.3 is 12.1 Å². The Labute approximate surface area is 200 Å². The summed E-state index contributed by atoms with van der Waals surface area (Å²) in [5.74, 6) is -3.76. The maximum absolute atomic E-state index is 12.9. The first-order valence-corrected chi connectivity index (χ1v) is 12.4. The molecule has 4 rings (SSSR count). The lowest BCUT2D eigenvalue weighted by molar-refractivity contribution is -0.155. The third-order valence-corrected chi connectivity index (χ3v) is 8.70. The largest absolute Gasteiger partial charge is 0.480 e. The number of alkyl halides is 3. The summed E-state index contributed by atoms with van der Waals surface area (Å²) in [6.45, 7) is 0. The van der Waals surface area contributed by atoms with E-state index >= 15 is 0 Å². The van der Waals surface area contributed by atoms with Gasteiger partial charge in [0.1, 0.15) is 15.4 Å². The van der Waals surface area contributed by atoms with Crippen molar-refractivity contribution >= 4 is 33.2 Å². The third-order valence-electron chi connectivity index (χ3n) is 5.59. The molecule has 0 radical (unpaired) electrons. The van der Waals surface area contributed by atoms with Gasteiger partial charge in [-0.2, -0.15) is 17.9 Å². The highest BCUT2D eigenvalue weighted by atomic mass is 32.2. The van der Waals surface area contributed by atoms with Gasteiger partial charge in [0.15, 0.2) is 0 Å². The fourth-order valence-corrected chi connectivity index (χ4v) is 6.32. The van der Waals surface area contributed by atoms with Crippen LogP contribution in [0.1, 0.15) is 35.6 Å². The van der Waals surface area contributed by atoms with E-state index in [4.69, 9.17) is 5.73 Å². The zero-order valence-corrected chi connectivity index (χ0v) is 19.3. The SMILES string of the molecule is NC(=O)CCc1ccc([C@H]2C[C@@]2(NS(=O)(=O)c2ccc(-c3cc(C(F)(F)F)on3)s2)C(=O)O)cc1. The maximum Gasteiger partial charge on any atom is 0.452 e. The van der Waals surface area contributed by atoms with Gasteiger partial charge in [0.2, 0.25) is 11.7 Å². The molecule has 14 heteroatoms. The molecule has 3 aromatic rings. The van der Waals surface area contributed by atoms with Gasteiger partial charge in [-0.25, -0.2) is 8.42 Å². The number of hydrogen-bond acceptors (Lipinski definition) is 7. The highest BCUT2D eigenvalue weighted by Crippen LogP contribution is 2.52. The molecule has 1 amide bonds. The summed E-state index contributed by atoms with van der Waals surface area (Å²) in [7, 11) is -4.32. The number of nitrogens with two attached hydrogens (primary N) is 1. The van der Waals surface area contributed by atoms with Crippen molar-refractivity contribution in [2.75, 3.05) is 0 Å². The number of carbonyl (C=O) groups is 2. The topological polar surface area (TPSA) is 153 Å². The summed E-state index contributed by atoms with van der Waals surface area (Å²) in [4.78, 5) is 23.1. The molecule has 0 spiro atoms. The van der Waals surface area contributed by atoms with Crippen LogP contribution >= 0.6 is 11.3 Å². The number of aryl methyl sites for hydroxylation is 1. The van der Waals surface area contributed by atoms with E-state index < -0.39 is 45.3 Å². The number of primary amides is 1. The van der Waals surface area contributed by atoms with Crippen LogP contribution in [0.5, 0.6) is 0 Å². The second kappa shape index (κ2) is 8.77. The van der Waals surface area contributed by atoms with E-state index in [0.29, 0.717) is 29.4 Å². The molecule has 1 saturated carbocycles. The van der Waals surface area contributed by atoms with Gasteiger partial charge < -0.3 is 15.4 Å². The van der Waals surface area contributed by atoms with E-state index in [0.717, 1.165) is 11.6 Å². The van der Waals surface area contributed by atoms with Crippen molar-refractivity contribution in [1.82, 2.24) is 9.88 Å². The molecular formula is C21H18F3N3O6S2. The van der Waals surface area contributed by atoms with E-state index in [1.807, 2.05) is 0 Å². The van der Waals surface area contributed by atoms with Gasteiger partial charge in [0.05, 0.1) is 4.88 Å². The van der Waals surface area contributed by atoms with Crippen molar-refractivity contribution in [3.63, 3.8) is 0 Å². The monoisotopic (exact) mass is 529 g/mol. The van der Waals surface area contributed by atoms with Crippen LogP contribution in [0.15, 0.2) is 51.2 Å². The average Bonchev–Trinajstić information content (AvgIpc) is 3.13. The highest BCUT2D eigenvalue weighted by Gasteiger charge is 2.63. The average molecular weight is 530 g/mol. The first-order valence-electron chi connectivity index (χ1n) is 10.1. The van der Waals surface area contributed by atoms with Crippen molar-refractivity contribution in [1.29, 1.82) is 0 Å². The Morgan fingerprint density at radius 2 is 1.91 bits per heavy atom. The lowest BCUT2D eigenvalue weighted by atomic mass is 10.0. The number of hydrogen-bond donors (Lipinski definition) is 3. The Balaban J connectivity index is 1.52. The van der Waals surface area contributed by atoms with Gasteiger partial charge in [-0.1, -0.05) is 29.4 Å². The van der Waals surface area contributed by atoms with Crippen LogP contribution in [0.3, 0.4) is 0 Å². The Morgan fingerprint density at radius 3 is 2.49 bits per heavy atom. The molecule has 9 nitrogen and oxygen atoms in total. The number of aliphatic carboxylic acids is 1. The van der Waals surface area contributed by atoms with E-state index in [2.05, 4.69) is 14.4 Å². The molecule has 0 bridgehead atoms. The Kier molecular flexibility index (Phi) is 6.23. The fraction of sp³-hybridized carbons (Fsp3) is 0.286. The summed E-state index contributed by atoms with van der Waals surface area (Å²) in [6.07, 6.45) is -4.14. The molecule has 4 N–H and O–H groups in total. The number of sulfonamides is 1. The summed E-state index contributed by atoms with van der Waals surface area (Å²) in [5.41, 5.74) is 4.59. The van der Waals surface area contributed by atoms with Crippen LogP contribution < -0.4 is 10.5 Å². The molecule has 186 valence electrons. The van der Waals surface area contributed by atoms with Crippen LogP contribution in [-0.4, -0.2) is 36.1 Å². The van der Waals surface area contributed by atoms with Gasteiger partial charge in [-0.3, -0.25) is 9.59 Å². The fourth-order valence-electron chi connectivity index (χ4n) is 3.66. The molecular weight excluding hydrogens is 511 g/mol. The van der Waals surface area contributed by atoms with Crippen molar-refractivity contribution in [2.45, 2.75) is 41.1 Å². The Morgan fingerprint density at radius 1 is 1.23 bits per heavy atom. The summed E-state index contributed by atoms with van der Waals surface area (Å²) < 4.78 is 70.4. The number of halogens is 3. The standard InChI is InChI=1S/C21H18F3N3O6S2/c22-21(23,24)16-9-14(26-33-16)15-6-8-18(34-15)35(31,32)27-20(19(29)30)10-13(20)12-4-1-11(2-5-12)3-7-17(25)28/h1-2,4-6,8-9,13,27H,3,7,10H2,(H2,25,28)(H,29,30)/t13-,20+/m1/s1. The van der Waals surface area contributed by atoms with Gasteiger partial charge in [0, 0.05) is 18.4 Å². The number of benzene rings is 1. The Hall–Kier alpha value is -3.23. The van der Waals surface area contributed by atoms with Gasteiger partial charge in [-0.15, -0.1) is 11.3 Å². The van der Waals surface area contributed by atoms with Gasteiger partial charge in [-0.05, 0) is 36.1 Å². The first-order chi connectivity index (χ1) is 16.3. The second-order valence-corrected chi connectivity index (χ2v) is 11.0. The molecule has 35 heavy (non-hydrogen) atoms. The minimum absolute atomic E-state index is 0.0126. The lowest BCUT2D eigenvalue weighted by Crippen LogP contribution is -2.44. The molecule has 1 fully saturated rings. The van der Waals surface area contributed by atoms with E-state index in [1.54, 1.807) is 24.3 Å². The number of carboxylic acids is 1. The van der Waals surface area contributed by atoms with E-state index in [1.165, 1.54) is 6.07 Å². The van der Waals surface area contributed by atoms with Crippen molar-refractivity contribution in [2.24, 2.45) is 5.73 Å². The summed E-state index contributed by atoms with van der Waals surface area (Å²) in [5, 5.41) is 13.1. The molecule has 2 heterocycles. The number of carbonyl (C=O) groups excluding carboxylic acids is 1. The van der Waals surface area contributed by atoms with Crippen LogP contribution in [0.2, 0.25) is 0 Å². The minimum Gasteiger partial charge on any atom is -0.480 e. The highest BCUT2D eigenvalue weighted by molar-refractivity contribution is 7.91. The van der Waals surface area contributed by atoms with E-state index in [-0.39, 0.29) is 27.6 Å². The number of nitrogens with one attached hydrogen (secondary N) is 1. The summed E-state index contributed by atoms with van der Waals surface area (Å²) >= 11 is 0.633. The predicted octanol–water partition coefficient (Wildman–Crippen LogP) is 3.13. The smallest absolute Gasteiger partial charge is 0.452 e. The van der Waals surface area contributed by atoms with Crippen LogP contribution in [0.4, 0.5) is 13.2 Å². The minimum atomic E-state index is -4.74. The van der Waals surface area contributed by atoms with Crippen LogP contribution in [0, 0.1) is 0 Å². The number of rotatable bonds is 9. The quantitative estimate of drug-likeness (QED) is 0.385. The molecule has 1 aliphatic carbocycles. The molecule has 0 aliphatic heterocycles. The zero-order valence-electron chi connectivity index (χ0n) is 17.7. The number of nitrogens with zero attached hydrogens (tertiary/aromatic N) is 1. The number of aromatic nitrogens is 1. The number of thiophene rings is 1. The predicted molar refractivity (Wildman–Crippen MR) is 117 cm³/mol. The van der Waals surface area contributed by atoms with Crippen molar-refractivity contribution in [3.05, 3.63) is 59.4 Å². The van der Waals surface area contributed by atoms with Crippen molar-refractivity contribution in [3.8, 4) is 10.6 Å². The number of carboxylic acid groups (broad SMARTS) is 1.